The molecule has 294 valence electrons. The zero-order valence-electron chi connectivity index (χ0n) is 36.6. The average molecular weight is 762 g/mol. The van der Waals surface area contributed by atoms with Crippen LogP contribution in [0.4, 0.5) is 0 Å². The van der Waals surface area contributed by atoms with E-state index in [0.29, 0.717) is 0 Å². The summed E-state index contributed by atoms with van der Waals surface area (Å²) in [5.74, 6) is 0. The Morgan fingerprint density at radius 1 is 0.310 bits per heavy atom. The smallest absolute Gasteiger partial charge is 0.0885 e. The summed E-state index contributed by atoms with van der Waals surface area (Å²) < 4.78 is 0. The minimum atomic E-state index is 0.0230. The van der Waals surface area contributed by atoms with Crippen LogP contribution in [0.5, 0.6) is 0 Å². The molecule has 7 aromatic rings. The molecular formula is C55H59N3. The molecule has 0 amide bonds. The van der Waals surface area contributed by atoms with Crippen LogP contribution >= 0.6 is 0 Å². The summed E-state index contributed by atoms with van der Waals surface area (Å²) >= 11 is 0. The predicted octanol–water partition coefficient (Wildman–Crippen LogP) is 15.1. The number of benzene rings is 5. The van der Waals surface area contributed by atoms with E-state index in [-0.39, 0.29) is 21.7 Å². The highest BCUT2D eigenvalue weighted by Gasteiger charge is 2.23. The topological polar surface area (TPSA) is 38.7 Å². The summed E-state index contributed by atoms with van der Waals surface area (Å²) in [6.45, 7) is 27.6. The Morgan fingerprint density at radius 3 is 1.00 bits per heavy atom. The molecule has 0 N–H and O–H groups in total. The highest BCUT2D eigenvalue weighted by atomic mass is 14.8. The fourth-order valence-electron chi connectivity index (χ4n) is 7.34. The van der Waals surface area contributed by atoms with Crippen molar-refractivity contribution < 1.29 is 0 Å². The van der Waals surface area contributed by atoms with Gasteiger partial charge in [0.1, 0.15) is 0 Å². The molecular weight excluding hydrogens is 703 g/mol. The van der Waals surface area contributed by atoms with Crippen LogP contribution in [0.3, 0.4) is 0 Å². The quantitative estimate of drug-likeness (QED) is 0.169. The third-order valence-electron chi connectivity index (χ3n) is 11.2. The molecule has 3 heteroatoms. The molecule has 0 aliphatic rings. The SMILES string of the molecule is CC(C)(C)c1cc(-c2cccc(-c3cc(-c4cccc(-c5cc(C(C)(C)C)cc(C(C)(C)C)c5)c4)nc(-c4cccc(-c5cnccn5)c4)c3)c2)cc(C(C)(C)C)c1. The molecule has 0 radical (unpaired) electrons. The zero-order chi connectivity index (χ0) is 41.6. The number of hydrogen-bond acceptors (Lipinski definition) is 3. The third-order valence-corrected chi connectivity index (χ3v) is 11.2. The lowest BCUT2D eigenvalue weighted by molar-refractivity contribution is 0.568. The van der Waals surface area contributed by atoms with Crippen LogP contribution in [0.1, 0.15) is 105 Å². The molecule has 0 spiro atoms. The summed E-state index contributed by atoms with van der Waals surface area (Å²) in [6, 6.07) is 45.1. The van der Waals surface area contributed by atoms with Crippen molar-refractivity contribution in [3.05, 3.63) is 162 Å². The molecule has 2 heterocycles. The second-order valence-corrected chi connectivity index (χ2v) is 20.1. The van der Waals surface area contributed by atoms with Crippen molar-refractivity contribution in [3.8, 4) is 67.2 Å². The van der Waals surface area contributed by atoms with E-state index < -0.39 is 0 Å². The number of aromatic nitrogens is 3. The Balaban J connectivity index is 1.40. The van der Waals surface area contributed by atoms with E-state index >= 15 is 0 Å². The first kappa shape index (κ1) is 40.5. The van der Waals surface area contributed by atoms with Crippen molar-refractivity contribution in [1.82, 2.24) is 15.0 Å². The van der Waals surface area contributed by atoms with Gasteiger partial charge < -0.3 is 0 Å². The molecule has 3 nitrogen and oxygen atoms in total. The second kappa shape index (κ2) is 15.3. The minimum absolute atomic E-state index is 0.0230. The summed E-state index contributed by atoms with van der Waals surface area (Å²) in [7, 11) is 0. The Hall–Kier alpha value is -5.67. The van der Waals surface area contributed by atoms with Gasteiger partial charge in [0.15, 0.2) is 0 Å². The highest BCUT2D eigenvalue weighted by molar-refractivity contribution is 5.82. The Labute approximate surface area is 347 Å². The fourth-order valence-corrected chi connectivity index (χ4v) is 7.34. The normalized spacial score (nSPS) is 12.5. The largest absolute Gasteiger partial charge is 0.261 e. The van der Waals surface area contributed by atoms with Crippen LogP contribution in [0.25, 0.3) is 67.2 Å². The molecule has 0 fully saturated rings. The standard InChI is InChI=1S/C55H59N3/c1-52(2,3)45-27-42(28-46(33-45)53(4,5)6)36-16-13-17-37(24-36)44-31-49(58-50(32-44)40-20-15-21-41(26-40)51-35-56-22-23-57-51)39-19-14-18-38(25-39)43-29-47(54(7,8)9)34-48(30-43)55(10,11)12/h13-35H,1-12H3. The van der Waals surface area contributed by atoms with E-state index in [0.717, 1.165) is 44.9 Å². The predicted molar refractivity (Wildman–Crippen MR) is 247 cm³/mol. The second-order valence-electron chi connectivity index (χ2n) is 20.1. The van der Waals surface area contributed by atoms with Gasteiger partial charge in [0.25, 0.3) is 0 Å². The molecule has 2 aromatic heterocycles. The van der Waals surface area contributed by atoms with E-state index in [9.17, 15) is 0 Å². The summed E-state index contributed by atoms with van der Waals surface area (Å²) in [6.07, 6.45) is 5.26. The minimum Gasteiger partial charge on any atom is -0.261 e. The maximum absolute atomic E-state index is 5.40. The van der Waals surface area contributed by atoms with Crippen LogP contribution in [0.15, 0.2) is 140 Å². The van der Waals surface area contributed by atoms with Gasteiger partial charge in [0, 0.05) is 29.1 Å². The summed E-state index contributed by atoms with van der Waals surface area (Å²) in [5, 5.41) is 0. The van der Waals surface area contributed by atoms with Gasteiger partial charge in [-0.3, -0.25) is 9.97 Å². The maximum atomic E-state index is 5.40. The molecule has 0 aliphatic heterocycles. The van der Waals surface area contributed by atoms with E-state index in [1.807, 2.05) is 6.20 Å². The van der Waals surface area contributed by atoms with Gasteiger partial charge in [-0.25, -0.2) is 4.98 Å². The van der Waals surface area contributed by atoms with Crippen molar-refractivity contribution in [1.29, 1.82) is 0 Å². The molecule has 0 unspecified atom stereocenters. The maximum Gasteiger partial charge on any atom is 0.0885 e. The van der Waals surface area contributed by atoms with Crippen LogP contribution in [-0.4, -0.2) is 15.0 Å². The van der Waals surface area contributed by atoms with E-state index in [2.05, 4.69) is 214 Å². The fraction of sp³-hybridized carbons (Fsp3) is 0.291. The molecule has 0 bridgehead atoms. The molecule has 5 aromatic carbocycles. The number of rotatable bonds is 6. The van der Waals surface area contributed by atoms with Crippen molar-refractivity contribution in [3.63, 3.8) is 0 Å². The van der Waals surface area contributed by atoms with Gasteiger partial charge in [-0.15, -0.1) is 0 Å². The lowest BCUT2D eigenvalue weighted by atomic mass is 9.79. The number of pyridine rings is 1. The van der Waals surface area contributed by atoms with Crippen LogP contribution in [0.2, 0.25) is 0 Å². The molecule has 0 saturated heterocycles. The number of nitrogens with zero attached hydrogens (tertiary/aromatic N) is 3. The van der Waals surface area contributed by atoms with Gasteiger partial charge in [0.05, 0.1) is 23.3 Å². The zero-order valence-corrected chi connectivity index (χ0v) is 36.6. The first-order valence-corrected chi connectivity index (χ1v) is 20.7. The first-order valence-electron chi connectivity index (χ1n) is 20.7. The monoisotopic (exact) mass is 761 g/mol. The Morgan fingerprint density at radius 2 is 0.638 bits per heavy atom. The Kier molecular flexibility index (Phi) is 10.7. The van der Waals surface area contributed by atoms with Crippen molar-refractivity contribution in [2.75, 3.05) is 0 Å². The lowest BCUT2D eigenvalue weighted by Crippen LogP contribution is -2.16. The van der Waals surface area contributed by atoms with Crippen LogP contribution in [-0.2, 0) is 21.7 Å². The Bertz CT molecular complexity index is 2380. The van der Waals surface area contributed by atoms with Crippen LogP contribution < -0.4 is 0 Å². The summed E-state index contributed by atoms with van der Waals surface area (Å²) in [5.41, 5.74) is 18.4. The third kappa shape index (κ3) is 9.05. The van der Waals surface area contributed by atoms with Crippen LogP contribution in [0, 0.1) is 0 Å². The van der Waals surface area contributed by atoms with Gasteiger partial charge >= 0.3 is 0 Å². The molecule has 7 rings (SSSR count). The molecule has 0 saturated carbocycles. The van der Waals surface area contributed by atoms with Gasteiger partial charge in [0.2, 0.25) is 0 Å². The van der Waals surface area contributed by atoms with Gasteiger partial charge in [-0.2, -0.15) is 0 Å². The highest BCUT2D eigenvalue weighted by Crippen LogP contribution is 2.39. The average Bonchev–Trinajstić information content (AvgIpc) is 3.19. The number of hydrogen-bond donors (Lipinski definition) is 0. The van der Waals surface area contributed by atoms with E-state index in [1.165, 1.54) is 44.5 Å². The molecule has 0 aliphatic carbocycles. The first-order chi connectivity index (χ1) is 27.2. The van der Waals surface area contributed by atoms with Gasteiger partial charge in [-0.1, -0.05) is 174 Å². The molecule has 0 atom stereocenters. The van der Waals surface area contributed by atoms with E-state index in [1.54, 1.807) is 12.4 Å². The summed E-state index contributed by atoms with van der Waals surface area (Å²) in [4.78, 5) is 14.3. The van der Waals surface area contributed by atoms with Crippen molar-refractivity contribution >= 4 is 0 Å². The molecule has 58 heavy (non-hydrogen) atoms. The van der Waals surface area contributed by atoms with Crippen molar-refractivity contribution in [2.45, 2.75) is 105 Å². The lowest BCUT2D eigenvalue weighted by Gasteiger charge is -2.26. The van der Waals surface area contributed by atoms with E-state index in [4.69, 9.17) is 4.98 Å². The van der Waals surface area contributed by atoms with Crippen molar-refractivity contribution in [2.24, 2.45) is 0 Å². The van der Waals surface area contributed by atoms with Gasteiger partial charge in [-0.05, 0) is 108 Å².